The molecule has 1 aromatic heterocycles. The van der Waals surface area contributed by atoms with Crippen LogP contribution in [0.25, 0.3) is 0 Å². The van der Waals surface area contributed by atoms with E-state index in [0.717, 1.165) is 18.0 Å². The maximum absolute atomic E-state index is 11.4. The molecular weight excluding hydrogens is 248 g/mol. The molecule has 1 aromatic rings. The predicted octanol–water partition coefficient (Wildman–Crippen LogP) is 3.31. The van der Waals surface area contributed by atoms with Crippen LogP contribution in [0.3, 0.4) is 0 Å². The molecule has 110 valence electrons. The van der Waals surface area contributed by atoms with Crippen molar-refractivity contribution in [1.82, 2.24) is 10.3 Å². The lowest BCUT2D eigenvalue weighted by atomic mass is 9.83. The van der Waals surface area contributed by atoms with Gasteiger partial charge in [-0.25, -0.2) is 0 Å². The zero-order chi connectivity index (χ0) is 13.9. The van der Waals surface area contributed by atoms with E-state index in [9.17, 15) is 4.79 Å². The van der Waals surface area contributed by atoms with Crippen LogP contribution >= 0.6 is 0 Å². The Kier molecular flexibility index (Phi) is 4.25. The van der Waals surface area contributed by atoms with Crippen molar-refractivity contribution in [3.05, 3.63) is 33.7 Å². The molecule has 0 saturated heterocycles. The molecule has 0 amide bonds. The van der Waals surface area contributed by atoms with Crippen LogP contribution < -0.4 is 10.9 Å². The molecule has 3 nitrogen and oxygen atoms in total. The van der Waals surface area contributed by atoms with E-state index in [-0.39, 0.29) is 5.56 Å². The molecule has 2 aliphatic carbocycles. The zero-order valence-electron chi connectivity index (χ0n) is 12.5. The van der Waals surface area contributed by atoms with Crippen LogP contribution in [0.1, 0.15) is 69.2 Å². The number of fused-ring (bicyclic) bond motifs is 1. The second-order valence-corrected chi connectivity index (χ2v) is 6.55. The lowest BCUT2D eigenvalue weighted by Crippen LogP contribution is -2.39. The molecule has 3 heteroatoms. The maximum Gasteiger partial charge on any atom is 0.248 e. The number of pyridine rings is 1. The van der Waals surface area contributed by atoms with E-state index in [1.54, 1.807) is 6.07 Å². The van der Waals surface area contributed by atoms with Gasteiger partial charge in [-0.15, -0.1) is 0 Å². The number of rotatable bonds is 3. The Morgan fingerprint density at radius 1 is 1.15 bits per heavy atom. The maximum atomic E-state index is 11.4. The average molecular weight is 274 g/mol. The van der Waals surface area contributed by atoms with Crippen molar-refractivity contribution in [2.75, 3.05) is 0 Å². The van der Waals surface area contributed by atoms with Crippen molar-refractivity contribution in [3.63, 3.8) is 0 Å². The van der Waals surface area contributed by atoms with Crippen LogP contribution in [-0.2, 0) is 6.42 Å². The second kappa shape index (κ2) is 6.13. The van der Waals surface area contributed by atoms with Crippen LogP contribution in [0.5, 0.6) is 0 Å². The highest BCUT2D eigenvalue weighted by atomic mass is 16.1. The number of aromatic nitrogens is 1. The van der Waals surface area contributed by atoms with E-state index in [1.165, 1.54) is 50.5 Å². The van der Waals surface area contributed by atoms with Crippen molar-refractivity contribution in [2.24, 2.45) is 5.92 Å². The summed E-state index contributed by atoms with van der Waals surface area (Å²) in [6, 6.07) is 4.70. The summed E-state index contributed by atoms with van der Waals surface area (Å²) in [7, 11) is 0. The van der Waals surface area contributed by atoms with Gasteiger partial charge in [0.1, 0.15) is 0 Å². The molecule has 3 rings (SSSR count). The van der Waals surface area contributed by atoms with Crippen molar-refractivity contribution in [2.45, 2.75) is 70.4 Å². The SMILES string of the molecule is CC(NC1CCCc2[nH]c(=O)ccc21)C1CCCCC1. The van der Waals surface area contributed by atoms with Crippen LogP contribution in [0.15, 0.2) is 16.9 Å². The first-order valence-electron chi connectivity index (χ1n) is 8.22. The highest BCUT2D eigenvalue weighted by molar-refractivity contribution is 5.26. The molecule has 1 fully saturated rings. The molecule has 1 saturated carbocycles. The number of H-pyrrole nitrogens is 1. The minimum absolute atomic E-state index is 0.0322. The van der Waals surface area contributed by atoms with E-state index in [1.807, 2.05) is 6.07 Å². The first kappa shape index (κ1) is 13.9. The Morgan fingerprint density at radius 3 is 2.75 bits per heavy atom. The quantitative estimate of drug-likeness (QED) is 0.888. The van der Waals surface area contributed by atoms with Gasteiger partial charge in [0.05, 0.1) is 0 Å². The summed E-state index contributed by atoms with van der Waals surface area (Å²) in [5.74, 6) is 0.830. The number of hydrogen-bond acceptors (Lipinski definition) is 2. The van der Waals surface area contributed by atoms with E-state index in [4.69, 9.17) is 0 Å². The molecule has 2 aliphatic rings. The summed E-state index contributed by atoms with van der Waals surface area (Å²) in [4.78, 5) is 14.5. The predicted molar refractivity (Wildman–Crippen MR) is 81.9 cm³/mol. The van der Waals surface area contributed by atoms with Crippen molar-refractivity contribution >= 4 is 0 Å². The summed E-state index contributed by atoms with van der Waals surface area (Å²) >= 11 is 0. The summed E-state index contributed by atoms with van der Waals surface area (Å²) in [5, 5.41) is 3.84. The van der Waals surface area contributed by atoms with Gasteiger partial charge < -0.3 is 10.3 Å². The Hall–Kier alpha value is -1.09. The van der Waals surface area contributed by atoms with Gasteiger partial charge in [-0.1, -0.05) is 25.3 Å². The number of aromatic amines is 1. The third-order valence-electron chi connectivity index (χ3n) is 5.15. The Bertz CT molecular complexity index is 502. The highest BCUT2D eigenvalue weighted by Crippen LogP contribution is 2.31. The van der Waals surface area contributed by atoms with Crippen LogP contribution in [0, 0.1) is 5.92 Å². The van der Waals surface area contributed by atoms with E-state index in [2.05, 4.69) is 17.2 Å². The Labute approximate surface area is 121 Å². The normalized spacial score (nSPS) is 25.1. The summed E-state index contributed by atoms with van der Waals surface area (Å²) < 4.78 is 0. The lowest BCUT2D eigenvalue weighted by Gasteiger charge is -2.34. The smallest absolute Gasteiger partial charge is 0.248 e. The fourth-order valence-corrected chi connectivity index (χ4v) is 3.96. The largest absolute Gasteiger partial charge is 0.326 e. The molecule has 1 heterocycles. The van der Waals surface area contributed by atoms with Crippen molar-refractivity contribution in [3.8, 4) is 0 Å². The van der Waals surface area contributed by atoms with Gasteiger partial charge in [-0.05, 0) is 50.5 Å². The molecule has 0 bridgehead atoms. The van der Waals surface area contributed by atoms with Gasteiger partial charge in [0.25, 0.3) is 0 Å². The Morgan fingerprint density at radius 2 is 1.95 bits per heavy atom. The van der Waals surface area contributed by atoms with Crippen LogP contribution in [0.2, 0.25) is 0 Å². The average Bonchev–Trinajstić information content (AvgIpc) is 2.48. The molecule has 2 unspecified atom stereocenters. The van der Waals surface area contributed by atoms with Gasteiger partial charge >= 0.3 is 0 Å². The standard InChI is InChI=1S/C17H26N2O/c1-12(13-6-3-2-4-7-13)18-15-8-5-9-16-14(15)10-11-17(20)19-16/h10-13,15,18H,2-9H2,1H3,(H,19,20). The fraction of sp³-hybridized carbons (Fsp3) is 0.706. The minimum Gasteiger partial charge on any atom is -0.326 e. The molecule has 20 heavy (non-hydrogen) atoms. The summed E-state index contributed by atoms with van der Waals surface area (Å²) in [6.07, 6.45) is 10.3. The van der Waals surface area contributed by atoms with E-state index >= 15 is 0 Å². The topological polar surface area (TPSA) is 44.9 Å². The molecule has 0 radical (unpaired) electrons. The monoisotopic (exact) mass is 274 g/mol. The lowest BCUT2D eigenvalue weighted by molar-refractivity contribution is 0.256. The summed E-state index contributed by atoms with van der Waals surface area (Å²) in [5.41, 5.74) is 2.50. The second-order valence-electron chi connectivity index (χ2n) is 6.55. The third kappa shape index (κ3) is 2.98. The van der Waals surface area contributed by atoms with Gasteiger partial charge in [0.2, 0.25) is 5.56 Å². The molecule has 2 N–H and O–H groups in total. The summed E-state index contributed by atoms with van der Waals surface area (Å²) in [6.45, 7) is 2.34. The minimum atomic E-state index is 0.0322. The van der Waals surface area contributed by atoms with Gasteiger partial charge in [-0.2, -0.15) is 0 Å². The first-order chi connectivity index (χ1) is 9.74. The number of aryl methyl sites for hydroxylation is 1. The fourth-order valence-electron chi connectivity index (χ4n) is 3.96. The van der Waals surface area contributed by atoms with Crippen molar-refractivity contribution in [1.29, 1.82) is 0 Å². The third-order valence-corrected chi connectivity index (χ3v) is 5.15. The van der Waals surface area contributed by atoms with Gasteiger partial charge in [0.15, 0.2) is 0 Å². The van der Waals surface area contributed by atoms with Gasteiger partial charge in [0, 0.05) is 23.8 Å². The molecular formula is C17H26N2O. The molecule has 0 spiro atoms. The molecule has 2 atom stereocenters. The van der Waals surface area contributed by atoms with Crippen LogP contribution in [-0.4, -0.2) is 11.0 Å². The number of nitrogens with one attached hydrogen (secondary N) is 2. The van der Waals surface area contributed by atoms with Crippen LogP contribution in [0.4, 0.5) is 0 Å². The Balaban J connectivity index is 1.70. The molecule has 0 aromatic carbocycles. The zero-order valence-corrected chi connectivity index (χ0v) is 12.5. The molecule has 0 aliphatic heterocycles. The highest BCUT2D eigenvalue weighted by Gasteiger charge is 2.26. The van der Waals surface area contributed by atoms with Gasteiger partial charge in [-0.3, -0.25) is 4.79 Å². The van der Waals surface area contributed by atoms with Crippen molar-refractivity contribution < 1.29 is 0 Å². The number of hydrogen-bond donors (Lipinski definition) is 2. The van der Waals surface area contributed by atoms with E-state index in [0.29, 0.717) is 12.1 Å². The first-order valence-corrected chi connectivity index (χ1v) is 8.22. The van der Waals surface area contributed by atoms with E-state index < -0.39 is 0 Å².